The molecule has 0 heterocycles. The van der Waals surface area contributed by atoms with Crippen LogP contribution < -0.4 is 5.32 Å². The number of rotatable bonds is 3. The molecule has 0 aliphatic rings. The third-order valence-corrected chi connectivity index (χ3v) is 1.85. The molecule has 1 rings (SSSR count). The molecule has 4 nitrogen and oxygen atoms in total. The Morgan fingerprint density at radius 2 is 2.00 bits per heavy atom. The minimum absolute atomic E-state index is 0.178. The van der Waals surface area contributed by atoms with Crippen molar-refractivity contribution in [3.8, 4) is 0 Å². The molecule has 1 aromatic rings. The first-order valence-electron chi connectivity index (χ1n) is 4.37. The monoisotopic (exact) mass is 205 g/mol. The van der Waals surface area contributed by atoms with Gasteiger partial charge in [-0.1, -0.05) is 18.2 Å². The van der Waals surface area contributed by atoms with Crippen LogP contribution in [-0.2, 0) is 4.79 Å². The first-order chi connectivity index (χ1) is 7.15. The number of benzene rings is 1. The summed E-state index contributed by atoms with van der Waals surface area (Å²) in [6.07, 6.45) is 2.77. The van der Waals surface area contributed by atoms with Crippen molar-refractivity contribution in [3.63, 3.8) is 0 Å². The lowest BCUT2D eigenvalue weighted by molar-refractivity contribution is -0.115. The van der Waals surface area contributed by atoms with Gasteiger partial charge in [-0.25, -0.2) is 4.79 Å². The molecule has 0 aliphatic carbocycles. The fraction of sp³-hybridized carbons (Fsp3) is 0.0909. The van der Waals surface area contributed by atoms with Crippen LogP contribution in [0, 0.1) is 0 Å². The second-order valence-electron chi connectivity index (χ2n) is 2.84. The van der Waals surface area contributed by atoms with E-state index in [-0.39, 0.29) is 11.5 Å². The zero-order valence-electron chi connectivity index (χ0n) is 8.23. The van der Waals surface area contributed by atoms with E-state index in [0.29, 0.717) is 5.56 Å². The van der Waals surface area contributed by atoms with E-state index in [9.17, 15) is 9.59 Å². The van der Waals surface area contributed by atoms with Gasteiger partial charge in [-0.05, 0) is 17.7 Å². The number of hydrogen-bond donors (Lipinski definition) is 2. The second-order valence-corrected chi connectivity index (χ2v) is 2.84. The molecule has 0 fully saturated rings. The quantitative estimate of drug-likeness (QED) is 0.727. The number of amides is 1. The maximum Gasteiger partial charge on any atom is 0.336 e. The molecular formula is C11H11NO3. The molecule has 4 heteroatoms. The van der Waals surface area contributed by atoms with Gasteiger partial charge in [0.2, 0.25) is 5.91 Å². The fourth-order valence-electron chi connectivity index (χ4n) is 1.09. The normalized spacial score (nSPS) is 10.2. The maximum absolute atomic E-state index is 10.9. The lowest BCUT2D eigenvalue weighted by Gasteiger charge is -1.99. The summed E-state index contributed by atoms with van der Waals surface area (Å²) in [5.41, 5.74) is 0.686. The summed E-state index contributed by atoms with van der Waals surface area (Å²) in [5.74, 6) is -1.28. The van der Waals surface area contributed by atoms with Crippen molar-refractivity contribution < 1.29 is 14.7 Å². The molecular weight excluding hydrogens is 194 g/mol. The van der Waals surface area contributed by atoms with Gasteiger partial charge in [0.25, 0.3) is 0 Å². The lowest BCUT2D eigenvalue weighted by atomic mass is 10.1. The van der Waals surface area contributed by atoms with Gasteiger partial charge in [-0.3, -0.25) is 4.79 Å². The van der Waals surface area contributed by atoms with Gasteiger partial charge in [-0.15, -0.1) is 0 Å². The second kappa shape index (κ2) is 4.95. The zero-order chi connectivity index (χ0) is 11.3. The van der Waals surface area contributed by atoms with E-state index in [1.165, 1.54) is 25.3 Å². The van der Waals surface area contributed by atoms with Crippen molar-refractivity contribution in [1.29, 1.82) is 0 Å². The third kappa shape index (κ3) is 2.95. The number of likely N-dealkylation sites (N-methyl/N-ethyl adjacent to an activating group) is 1. The van der Waals surface area contributed by atoms with Crippen LogP contribution in [-0.4, -0.2) is 24.0 Å². The summed E-state index contributed by atoms with van der Waals surface area (Å²) in [7, 11) is 1.51. The molecule has 2 N–H and O–H groups in total. The fourth-order valence-corrected chi connectivity index (χ4v) is 1.09. The van der Waals surface area contributed by atoms with Gasteiger partial charge in [-0.2, -0.15) is 0 Å². The Hall–Kier alpha value is -2.10. The smallest absolute Gasteiger partial charge is 0.336 e. The predicted octanol–water partition coefficient (Wildman–Crippen LogP) is 1.14. The van der Waals surface area contributed by atoms with Gasteiger partial charge >= 0.3 is 5.97 Å². The summed E-state index contributed by atoms with van der Waals surface area (Å²) < 4.78 is 0. The van der Waals surface area contributed by atoms with Crippen LogP contribution in [0.3, 0.4) is 0 Å². The summed E-state index contributed by atoms with van der Waals surface area (Å²) in [4.78, 5) is 21.7. The molecule has 0 unspecified atom stereocenters. The Bertz CT molecular complexity index is 410. The van der Waals surface area contributed by atoms with Crippen LogP contribution in [0.5, 0.6) is 0 Å². The van der Waals surface area contributed by atoms with Crippen molar-refractivity contribution in [2.24, 2.45) is 0 Å². The SMILES string of the molecule is CNC(=O)/C=C/c1ccccc1C(=O)O. The molecule has 15 heavy (non-hydrogen) atoms. The largest absolute Gasteiger partial charge is 0.478 e. The highest BCUT2D eigenvalue weighted by Crippen LogP contribution is 2.10. The Morgan fingerprint density at radius 3 is 2.60 bits per heavy atom. The van der Waals surface area contributed by atoms with Crippen molar-refractivity contribution in [2.75, 3.05) is 7.05 Å². The highest BCUT2D eigenvalue weighted by molar-refractivity contribution is 5.96. The number of nitrogens with one attached hydrogen (secondary N) is 1. The molecule has 0 spiro atoms. The van der Waals surface area contributed by atoms with E-state index in [0.717, 1.165) is 0 Å². The van der Waals surface area contributed by atoms with E-state index in [2.05, 4.69) is 5.32 Å². The summed E-state index contributed by atoms with van der Waals surface area (Å²) in [5, 5.41) is 11.3. The van der Waals surface area contributed by atoms with E-state index in [1.807, 2.05) is 0 Å². The summed E-state index contributed by atoms with van der Waals surface area (Å²) in [6, 6.07) is 6.49. The number of aromatic carboxylic acids is 1. The first kappa shape index (κ1) is 11.0. The van der Waals surface area contributed by atoms with E-state index in [1.54, 1.807) is 18.2 Å². The minimum Gasteiger partial charge on any atom is -0.478 e. The molecule has 0 bridgehead atoms. The number of carboxylic acid groups (broad SMARTS) is 1. The number of carbonyl (C=O) groups excluding carboxylic acids is 1. The lowest BCUT2D eigenvalue weighted by Crippen LogP contribution is -2.14. The number of carboxylic acids is 1. The Kier molecular flexibility index (Phi) is 3.62. The molecule has 1 aromatic carbocycles. The Morgan fingerprint density at radius 1 is 1.33 bits per heavy atom. The first-order valence-corrected chi connectivity index (χ1v) is 4.37. The molecule has 0 aromatic heterocycles. The van der Waals surface area contributed by atoms with Crippen molar-refractivity contribution in [2.45, 2.75) is 0 Å². The number of carbonyl (C=O) groups is 2. The Balaban J connectivity index is 2.99. The van der Waals surface area contributed by atoms with E-state index in [4.69, 9.17) is 5.11 Å². The Labute approximate surface area is 87.2 Å². The van der Waals surface area contributed by atoms with Crippen molar-refractivity contribution >= 4 is 18.0 Å². The van der Waals surface area contributed by atoms with Crippen LogP contribution in [0.25, 0.3) is 6.08 Å². The molecule has 78 valence electrons. The van der Waals surface area contributed by atoms with Crippen LogP contribution >= 0.6 is 0 Å². The average Bonchev–Trinajstić information content (AvgIpc) is 2.26. The molecule has 0 radical (unpaired) electrons. The van der Waals surface area contributed by atoms with Gasteiger partial charge in [0.15, 0.2) is 0 Å². The number of hydrogen-bond acceptors (Lipinski definition) is 2. The summed E-state index contributed by atoms with van der Waals surface area (Å²) >= 11 is 0. The maximum atomic E-state index is 10.9. The van der Waals surface area contributed by atoms with Crippen LogP contribution in [0.4, 0.5) is 0 Å². The van der Waals surface area contributed by atoms with E-state index < -0.39 is 5.97 Å². The minimum atomic E-state index is -1.01. The standard InChI is InChI=1S/C11H11NO3/c1-12-10(13)7-6-8-4-2-3-5-9(8)11(14)15/h2-7H,1H3,(H,12,13)(H,14,15)/b7-6+. The van der Waals surface area contributed by atoms with Crippen molar-refractivity contribution in [3.05, 3.63) is 41.5 Å². The molecule has 0 saturated carbocycles. The highest BCUT2D eigenvalue weighted by atomic mass is 16.4. The van der Waals surface area contributed by atoms with Crippen LogP contribution in [0.15, 0.2) is 30.3 Å². The van der Waals surface area contributed by atoms with E-state index >= 15 is 0 Å². The van der Waals surface area contributed by atoms with Gasteiger partial charge in [0.05, 0.1) is 5.56 Å². The topological polar surface area (TPSA) is 66.4 Å². The zero-order valence-corrected chi connectivity index (χ0v) is 8.23. The van der Waals surface area contributed by atoms with Gasteiger partial charge < -0.3 is 10.4 Å². The predicted molar refractivity (Wildman–Crippen MR) is 56.5 cm³/mol. The van der Waals surface area contributed by atoms with Crippen LogP contribution in [0.2, 0.25) is 0 Å². The average molecular weight is 205 g/mol. The third-order valence-electron chi connectivity index (χ3n) is 1.85. The molecule has 0 aliphatic heterocycles. The van der Waals surface area contributed by atoms with Crippen molar-refractivity contribution in [1.82, 2.24) is 5.32 Å². The molecule has 0 saturated heterocycles. The van der Waals surface area contributed by atoms with Gasteiger partial charge in [0.1, 0.15) is 0 Å². The molecule has 1 amide bonds. The highest BCUT2D eigenvalue weighted by Gasteiger charge is 2.05. The summed E-state index contributed by atoms with van der Waals surface area (Å²) in [6.45, 7) is 0. The molecule has 0 atom stereocenters. The van der Waals surface area contributed by atoms with Gasteiger partial charge in [0, 0.05) is 13.1 Å². The van der Waals surface area contributed by atoms with Crippen LogP contribution in [0.1, 0.15) is 15.9 Å².